The number of hydrogen-bond acceptors (Lipinski definition) is 2. The van der Waals surface area contributed by atoms with Gasteiger partial charge in [-0.15, -0.1) is 0 Å². The number of benzene rings is 1. The highest BCUT2D eigenvalue weighted by Crippen LogP contribution is 2.39. The summed E-state index contributed by atoms with van der Waals surface area (Å²) in [5.41, 5.74) is 1.90. The van der Waals surface area contributed by atoms with E-state index in [1.54, 1.807) is 6.07 Å². The van der Waals surface area contributed by atoms with E-state index in [4.69, 9.17) is 16.9 Å². The van der Waals surface area contributed by atoms with E-state index < -0.39 is 5.82 Å². The Morgan fingerprint density at radius 2 is 2.29 bits per heavy atom. The molecule has 1 aromatic carbocycles. The minimum Gasteiger partial charge on any atom is -0.370 e. The predicted octanol–water partition coefficient (Wildman–Crippen LogP) is 3.12. The van der Waals surface area contributed by atoms with Gasteiger partial charge in [0.05, 0.1) is 10.7 Å². The zero-order chi connectivity index (χ0) is 12.0. The molecule has 1 heterocycles. The summed E-state index contributed by atoms with van der Waals surface area (Å²) in [5, 5.41) is 9.16. The number of anilines is 1. The van der Waals surface area contributed by atoms with Gasteiger partial charge in [-0.3, -0.25) is 0 Å². The van der Waals surface area contributed by atoms with Crippen molar-refractivity contribution < 1.29 is 4.39 Å². The van der Waals surface area contributed by atoms with Gasteiger partial charge in [0.1, 0.15) is 11.6 Å². The average molecular weight is 251 g/mol. The topological polar surface area (TPSA) is 27.0 Å². The van der Waals surface area contributed by atoms with Crippen LogP contribution in [0.15, 0.2) is 6.07 Å². The maximum Gasteiger partial charge on any atom is 0.161 e. The molecular formula is C13H12ClFN2. The van der Waals surface area contributed by atoms with E-state index in [1.165, 1.54) is 12.8 Å². The number of fused-ring (bicyclic) bond motifs is 1. The van der Waals surface area contributed by atoms with Gasteiger partial charge >= 0.3 is 0 Å². The molecule has 0 saturated heterocycles. The second kappa shape index (κ2) is 3.89. The minimum absolute atomic E-state index is 0.0635. The van der Waals surface area contributed by atoms with Gasteiger partial charge in [0, 0.05) is 13.1 Å². The summed E-state index contributed by atoms with van der Waals surface area (Å²) in [7, 11) is 0. The first-order valence-corrected chi connectivity index (χ1v) is 6.24. The Hall–Kier alpha value is -1.27. The van der Waals surface area contributed by atoms with Crippen LogP contribution >= 0.6 is 11.6 Å². The van der Waals surface area contributed by atoms with Gasteiger partial charge in [0.2, 0.25) is 0 Å². The Bertz CT molecular complexity index is 517. The van der Waals surface area contributed by atoms with Crippen LogP contribution in [0.4, 0.5) is 10.1 Å². The van der Waals surface area contributed by atoms with Crippen LogP contribution in [-0.2, 0) is 6.42 Å². The zero-order valence-corrected chi connectivity index (χ0v) is 10.1. The van der Waals surface area contributed by atoms with E-state index >= 15 is 0 Å². The fourth-order valence-corrected chi connectivity index (χ4v) is 2.71. The molecule has 2 aliphatic rings. The fraction of sp³-hybridized carbons (Fsp3) is 0.462. The van der Waals surface area contributed by atoms with Crippen molar-refractivity contribution in [1.29, 1.82) is 5.26 Å². The quantitative estimate of drug-likeness (QED) is 0.806. The van der Waals surface area contributed by atoms with Crippen molar-refractivity contribution in [2.75, 3.05) is 18.0 Å². The number of halogens is 2. The molecule has 0 radical (unpaired) electrons. The Morgan fingerprint density at radius 3 is 2.94 bits per heavy atom. The minimum atomic E-state index is -0.574. The average Bonchev–Trinajstić information content (AvgIpc) is 3.04. The molecule has 0 bridgehead atoms. The maximum absolute atomic E-state index is 13.8. The molecule has 0 unspecified atom stereocenters. The van der Waals surface area contributed by atoms with Crippen LogP contribution in [0.5, 0.6) is 0 Å². The summed E-state index contributed by atoms with van der Waals surface area (Å²) < 4.78 is 13.8. The third-order valence-electron chi connectivity index (χ3n) is 3.53. The second-order valence-electron chi connectivity index (χ2n) is 4.81. The molecule has 1 aromatic rings. The van der Waals surface area contributed by atoms with Gasteiger partial charge < -0.3 is 4.90 Å². The van der Waals surface area contributed by atoms with Crippen LogP contribution < -0.4 is 4.90 Å². The van der Waals surface area contributed by atoms with Crippen LogP contribution in [-0.4, -0.2) is 13.1 Å². The van der Waals surface area contributed by atoms with Gasteiger partial charge in [-0.05, 0) is 36.8 Å². The lowest BCUT2D eigenvalue weighted by Gasteiger charge is -2.20. The first kappa shape index (κ1) is 10.9. The molecule has 3 rings (SSSR count). The normalized spacial score (nSPS) is 18.1. The molecule has 17 heavy (non-hydrogen) atoms. The van der Waals surface area contributed by atoms with Crippen molar-refractivity contribution >= 4 is 17.3 Å². The van der Waals surface area contributed by atoms with Gasteiger partial charge in [-0.2, -0.15) is 5.26 Å². The van der Waals surface area contributed by atoms with Crippen molar-refractivity contribution in [1.82, 2.24) is 0 Å². The predicted molar refractivity (Wildman–Crippen MR) is 64.8 cm³/mol. The van der Waals surface area contributed by atoms with Crippen molar-refractivity contribution in [3.8, 4) is 6.07 Å². The summed E-state index contributed by atoms with van der Waals surface area (Å²) in [6.07, 6.45) is 3.37. The highest BCUT2D eigenvalue weighted by atomic mass is 35.5. The van der Waals surface area contributed by atoms with Gasteiger partial charge in [0.25, 0.3) is 0 Å². The van der Waals surface area contributed by atoms with E-state index in [0.717, 1.165) is 36.7 Å². The Balaban J connectivity index is 2.06. The molecule has 0 spiro atoms. The van der Waals surface area contributed by atoms with Gasteiger partial charge in [0.15, 0.2) is 5.82 Å². The highest BCUT2D eigenvalue weighted by Gasteiger charge is 2.31. The maximum atomic E-state index is 13.8. The van der Waals surface area contributed by atoms with Gasteiger partial charge in [-0.25, -0.2) is 4.39 Å². The Labute approximate surface area is 105 Å². The van der Waals surface area contributed by atoms with Crippen LogP contribution in [0.3, 0.4) is 0 Å². The molecule has 0 aromatic heterocycles. The Kier molecular flexibility index (Phi) is 2.48. The van der Waals surface area contributed by atoms with E-state index in [1.807, 2.05) is 6.07 Å². The van der Waals surface area contributed by atoms with Crippen LogP contribution in [0.25, 0.3) is 0 Å². The number of nitrogens with zero attached hydrogens (tertiary/aromatic N) is 2. The second-order valence-corrected chi connectivity index (χ2v) is 5.21. The van der Waals surface area contributed by atoms with Crippen molar-refractivity contribution in [3.63, 3.8) is 0 Å². The van der Waals surface area contributed by atoms with E-state index in [-0.39, 0.29) is 10.6 Å². The number of rotatable bonds is 2. The summed E-state index contributed by atoms with van der Waals surface area (Å²) in [4.78, 5) is 2.14. The smallest absolute Gasteiger partial charge is 0.161 e. The fourth-order valence-electron chi connectivity index (χ4n) is 2.48. The molecule has 1 aliphatic heterocycles. The molecule has 0 N–H and O–H groups in total. The van der Waals surface area contributed by atoms with E-state index in [2.05, 4.69) is 4.90 Å². The lowest BCUT2D eigenvalue weighted by atomic mass is 10.1. The number of nitriles is 1. The van der Waals surface area contributed by atoms with Crippen LogP contribution in [0.2, 0.25) is 5.02 Å². The van der Waals surface area contributed by atoms with Crippen molar-refractivity contribution in [2.24, 2.45) is 5.92 Å². The van der Waals surface area contributed by atoms with Crippen LogP contribution in [0, 0.1) is 23.1 Å². The molecule has 0 amide bonds. The van der Waals surface area contributed by atoms with E-state index in [0.29, 0.717) is 0 Å². The molecule has 2 nitrogen and oxygen atoms in total. The van der Waals surface area contributed by atoms with Crippen molar-refractivity contribution in [3.05, 3.63) is 28.0 Å². The first-order valence-electron chi connectivity index (χ1n) is 5.86. The lowest BCUT2D eigenvalue weighted by molar-refractivity contribution is 0.623. The van der Waals surface area contributed by atoms with Crippen molar-refractivity contribution in [2.45, 2.75) is 19.3 Å². The molecule has 1 aliphatic carbocycles. The molecule has 1 saturated carbocycles. The molecule has 4 heteroatoms. The zero-order valence-electron chi connectivity index (χ0n) is 9.34. The largest absolute Gasteiger partial charge is 0.370 e. The SMILES string of the molecule is N#Cc1c(F)c(Cl)cc2c1N(CC1CC1)CC2. The standard InChI is InChI=1S/C13H12ClFN2/c14-11-5-9-3-4-17(7-8-1-2-8)13(9)10(6-16)12(11)15/h5,8H,1-4,7H2. The highest BCUT2D eigenvalue weighted by molar-refractivity contribution is 6.31. The molecule has 0 atom stereocenters. The molecule has 88 valence electrons. The molecule has 1 fully saturated rings. The monoisotopic (exact) mass is 250 g/mol. The van der Waals surface area contributed by atoms with Gasteiger partial charge in [-0.1, -0.05) is 11.6 Å². The first-order chi connectivity index (χ1) is 8.20. The van der Waals surface area contributed by atoms with E-state index in [9.17, 15) is 4.39 Å². The molecular weight excluding hydrogens is 239 g/mol. The summed E-state index contributed by atoms with van der Waals surface area (Å²) in [6.45, 7) is 1.82. The third kappa shape index (κ3) is 1.77. The number of hydrogen-bond donors (Lipinski definition) is 0. The lowest BCUT2D eigenvalue weighted by Crippen LogP contribution is -2.24. The summed E-state index contributed by atoms with van der Waals surface area (Å²) in [6, 6.07) is 3.63. The van der Waals surface area contributed by atoms with Crippen LogP contribution in [0.1, 0.15) is 24.0 Å². The Morgan fingerprint density at radius 1 is 1.53 bits per heavy atom. The summed E-state index contributed by atoms with van der Waals surface area (Å²) >= 11 is 5.80. The summed E-state index contributed by atoms with van der Waals surface area (Å²) in [5.74, 6) is 0.154. The third-order valence-corrected chi connectivity index (χ3v) is 3.80.